The van der Waals surface area contributed by atoms with Gasteiger partial charge >= 0.3 is 0 Å². The highest BCUT2D eigenvalue weighted by atomic mass is 35.5. The molecule has 0 spiro atoms. The quantitative estimate of drug-likeness (QED) is 0.804. The standard InChI is InChI=1S/C11H11ClN2O2/c12-11-5-8(3-4-13-11)14-6-9-1-2-10(7-15)16-9/h1-5,15H,6-7H2,(H,13,14). The maximum atomic E-state index is 8.83. The fraction of sp³-hybridized carbons (Fsp3) is 0.182. The number of aromatic nitrogens is 1. The molecular formula is C11H11ClN2O2. The molecule has 2 aromatic rings. The molecule has 2 heterocycles. The number of hydrogen-bond donors (Lipinski definition) is 2. The Kier molecular flexibility index (Phi) is 3.44. The lowest BCUT2D eigenvalue weighted by molar-refractivity contribution is 0.244. The Morgan fingerprint density at radius 1 is 1.31 bits per heavy atom. The van der Waals surface area contributed by atoms with E-state index in [1.807, 2.05) is 12.1 Å². The zero-order valence-corrected chi connectivity index (χ0v) is 9.24. The summed E-state index contributed by atoms with van der Waals surface area (Å²) in [5.41, 5.74) is 0.877. The Balaban J connectivity index is 1.96. The first-order valence-corrected chi connectivity index (χ1v) is 5.19. The molecule has 16 heavy (non-hydrogen) atoms. The van der Waals surface area contributed by atoms with E-state index >= 15 is 0 Å². The molecule has 0 atom stereocenters. The second-order valence-electron chi connectivity index (χ2n) is 3.25. The van der Waals surface area contributed by atoms with Gasteiger partial charge in [-0.1, -0.05) is 11.6 Å². The summed E-state index contributed by atoms with van der Waals surface area (Å²) in [6.07, 6.45) is 1.63. The van der Waals surface area contributed by atoms with Crippen molar-refractivity contribution < 1.29 is 9.52 Å². The Morgan fingerprint density at radius 2 is 2.12 bits per heavy atom. The molecule has 2 N–H and O–H groups in total. The Morgan fingerprint density at radius 3 is 2.81 bits per heavy atom. The fourth-order valence-electron chi connectivity index (χ4n) is 1.30. The van der Waals surface area contributed by atoms with E-state index in [4.69, 9.17) is 21.1 Å². The monoisotopic (exact) mass is 238 g/mol. The second-order valence-corrected chi connectivity index (χ2v) is 3.63. The average molecular weight is 239 g/mol. The molecule has 0 aliphatic rings. The Hall–Kier alpha value is -1.52. The van der Waals surface area contributed by atoms with Gasteiger partial charge in [0, 0.05) is 11.9 Å². The van der Waals surface area contributed by atoms with Crippen LogP contribution in [-0.2, 0) is 13.2 Å². The Labute approximate surface area is 97.9 Å². The van der Waals surface area contributed by atoms with Crippen molar-refractivity contribution in [2.45, 2.75) is 13.2 Å². The molecule has 0 unspecified atom stereocenters. The topological polar surface area (TPSA) is 58.3 Å². The van der Waals surface area contributed by atoms with E-state index in [2.05, 4.69) is 10.3 Å². The predicted octanol–water partition coefficient (Wildman–Crippen LogP) is 2.43. The van der Waals surface area contributed by atoms with Gasteiger partial charge in [0.05, 0.1) is 6.54 Å². The van der Waals surface area contributed by atoms with E-state index in [-0.39, 0.29) is 6.61 Å². The molecule has 84 valence electrons. The number of halogens is 1. The van der Waals surface area contributed by atoms with Gasteiger partial charge in [0.1, 0.15) is 23.3 Å². The van der Waals surface area contributed by atoms with Gasteiger partial charge in [-0.05, 0) is 24.3 Å². The summed E-state index contributed by atoms with van der Waals surface area (Å²) in [6.45, 7) is 0.460. The SMILES string of the molecule is OCc1ccc(CNc2ccnc(Cl)c2)o1. The normalized spacial score (nSPS) is 10.4. The van der Waals surface area contributed by atoms with E-state index in [1.54, 1.807) is 18.3 Å². The molecule has 0 amide bonds. The van der Waals surface area contributed by atoms with Crippen LogP contribution in [-0.4, -0.2) is 10.1 Å². The van der Waals surface area contributed by atoms with Gasteiger partial charge in [-0.15, -0.1) is 0 Å². The van der Waals surface area contributed by atoms with Crippen LogP contribution in [0, 0.1) is 0 Å². The van der Waals surface area contributed by atoms with Crippen molar-refractivity contribution >= 4 is 17.3 Å². The van der Waals surface area contributed by atoms with Crippen molar-refractivity contribution in [2.75, 3.05) is 5.32 Å². The number of nitrogens with zero attached hydrogens (tertiary/aromatic N) is 1. The number of furan rings is 1. The minimum Gasteiger partial charge on any atom is -0.462 e. The second kappa shape index (κ2) is 5.01. The summed E-state index contributed by atoms with van der Waals surface area (Å²) < 4.78 is 5.32. The largest absolute Gasteiger partial charge is 0.462 e. The molecular weight excluding hydrogens is 228 g/mol. The number of nitrogens with one attached hydrogen (secondary N) is 1. The number of anilines is 1. The first-order chi connectivity index (χ1) is 7.78. The number of hydrogen-bond acceptors (Lipinski definition) is 4. The van der Waals surface area contributed by atoms with Crippen molar-refractivity contribution in [1.29, 1.82) is 0 Å². The summed E-state index contributed by atoms with van der Waals surface area (Å²) >= 11 is 5.75. The first kappa shape index (κ1) is 11.0. The third kappa shape index (κ3) is 2.74. The predicted molar refractivity (Wildman–Crippen MR) is 61.2 cm³/mol. The molecule has 5 heteroatoms. The van der Waals surface area contributed by atoms with Gasteiger partial charge in [0.25, 0.3) is 0 Å². The van der Waals surface area contributed by atoms with Gasteiger partial charge in [0.15, 0.2) is 0 Å². The molecule has 0 bridgehead atoms. The van der Waals surface area contributed by atoms with Gasteiger partial charge < -0.3 is 14.8 Å². The lowest BCUT2D eigenvalue weighted by Gasteiger charge is -2.03. The van der Waals surface area contributed by atoms with Crippen LogP contribution in [0.15, 0.2) is 34.9 Å². The van der Waals surface area contributed by atoms with Crippen LogP contribution in [0.25, 0.3) is 0 Å². The summed E-state index contributed by atoms with van der Waals surface area (Å²) in [6, 6.07) is 7.12. The van der Waals surface area contributed by atoms with Crippen LogP contribution < -0.4 is 5.32 Å². The Bertz CT molecular complexity index is 471. The van der Waals surface area contributed by atoms with Crippen LogP contribution in [0.1, 0.15) is 11.5 Å². The number of aliphatic hydroxyl groups is 1. The van der Waals surface area contributed by atoms with Crippen molar-refractivity contribution in [2.24, 2.45) is 0 Å². The fourth-order valence-corrected chi connectivity index (χ4v) is 1.48. The van der Waals surface area contributed by atoms with Crippen molar-refractivity contribution in [3.8, 4) is 0 Å². The summed E-state index contributed by atoms with van der Waals surface area (Å²) in [4.78, 5) is 3.88. The maximum Gasteiger partial charge on any atom is 0.131 e. The molecule has 0 radical (unpaired) electrons. The third-order valence-corrected chi connectivity index (χ3v) is 2.27. The molecule has 0 aromatic carbocycles. The van der Waals surface area contributed by atoms with Crippen molar-refractivity contribution in [3.63, 3.8) is 0 Å². The first-order valence-electron chi connectivity index (χ1n) is 4.82. The lowest BCUT2D eigenvalue weighted by Crippen LogP contribution is -1.98. The summed E-state index contributed by atoms with van der Waals surface area (Å²) in [5, 5.41) is 12.4. The third-order valence-electron chi connectivity index (χ3n) is 2.07. The number of rotatable bonds is 4. The molecule has 0 fully saturated rings. The van der Waals surface area contributed by atoms with Crippen LogP contribution in [0.4, 0.5) is 5.69 Å². The lowest BCUT2D eigenvalue weighted by atomic mass is 10.4. The molecule has 4 nitrogen and oxygen atoms in total. The van der Waals surface area contributed by atoms with E-state index in [1.165, 1.54) is 0 Å². The van der Waals surface area contributed by atoms with Crippen molar-refractivity contribution in [1.82, 2.24) is 4.98 Å². The molecule has 0 aliphatic heterocycles. The molecule has 2 aromatic heterocycles. The van der Waals surface area contributed by atoms with Gasteiger partial charge in [-0.25, -0.2) is 4.98 Å². The van der Waals surface area contributed by atoms with Gasteiger partial charge in [-0.2, -0.15) is 0 Å². The van der Waals surface area contributed by atoms with Crippen LogP contribution in [0.3, 0.4) is 0 Å². The van der Waals surface area contributed by atoms with E-state index < -0.39 is 0 Å². The van der Waals surface area contributed by atoms with E-state index in [9.17, 15) is 0 Å². The van der Waals surface area contributed by atoms with Crippen LogP contribution in [0.5, 0.6) is 0 Å². The highest BCUT2D eigenvalue weighted by Gasteiger charge is 2.01. The molecule has 0 saturated heterocycles. The van der Waals surface area contributed by atoms with E-state index in [0.29, 0.717) is 17.5 Å². The minimum absolute atomic E-state index is 0.0823. The zero-order valence-electron chi connectivity index (χ0n) is 8.48. The average Bonchev–Trinajstić information content (AvgIpc) is 2.74. The maximum absolute atomic E-state index is 8.83. The van der Waals surface area contributed by atoms with Crippen LogP contribution >= 0.6 is 11.6 Å². The summed E-state index contributed by atoms with van der Waals surface area (Å²) in [7, 11) is 0. The number of aliphatic hydroxyl groups excluding tert-OH is 1. The minimum atomic E-state index is -0.0823. The summed E-state index contributed by atoms with van der Waals surface area (Å²) in [5.74, 6) is 1.32. The molecule has 0 aliphatic carbocycles. The smallest absolute Gasteiger partial charge is 0.131 e. The highest BCUT2D eigenvalue weighted by Crippen LogP contribution is 2.14. The van der Waals surface area contributed by atoms with Gasteiger partial charge in [0.2, 0.25) is 0 Å². The van der Waals surface area contributed by atoms with Gasteiger partial charge in [-0.3, -0.25) is 0 Å². The highest BCUT2D eigenvalue weighted by molar-refractivity contribution is 6.29. The molecule has 0 saturated carbocycles. The van der Waals surface area contributed by atoms with Crippen molar-refractivity contribution in [3.05, 3.63) is 47.1 Å². The molecule has 2 rings (SSSR count). The zero-order chi connectivity index (χ0) is 11.4. The van der Waals surface area contributed by atoms with Crippen LogP contribution in [0.2, 0.25) is 5.15 Å². The number of pyridine rings is 1. The van der Waals surface area contributed by atoms with E-state index in [0.717, 1.165) is 11.4 Å².